The molecule has 2 aliphatic rings. The van der Waals surface area contributed by atoms with Crippen molar-refractivity contribution in [2.75, 3.05) is 0 Å². The molecule has 0 fully saturated rings. The van der Waals surface area contributed by atoms with Crippen LogP contribution in [0.4, 0.5) is 0 Å². The molecule has 0 spiro atoms. The molecule has 0 bridgehead atoms. The Morgan fingerprint density at radius 3 is 2.52 bits per heavy atom. The monoisotopic (exact) mass is 514 g/mol. The molecule has 3 heteroatoms. The molecule has 0 radical (unpaired) electrons. The second kappa shape index (κ2) is 6.08. The van der Waals surface area contributed by atoms with Gasteiger partial charge in [0.05, 0.1) is 0 Å². The van der Waals surface area contributed by atoms with Gasteiger partial charge in [0.25, 0.3) is 0 Å². The Labute approximate surface area is 155 Å². The van der Waals surface area contributed by atoms with Crippen LogP contribution in [0.2, 0.25) is 0 Å². The highest BCUT2D eigenvalue weighted by molar-refractivity contribution is 14.1. The molecule has 0 atom stereocenters. The molecule has 0 saturated carbocycles. The third-order valence-corrected chi connectivity index (χ3v) is 8.05. The van der Waals surface area contributed by atoms with Gasteiger partial charge in [-0.2, -0.15) is 0 Å². The molecule has 0 unspecified atom stereocenters. The van der Waals surface area contributed by atoms with Gasteiger partial charge in [0.1, 0.15) is 0 Å². The van der Waals surface area contributed by atoms with E-state index in [0.29, 0.717) is 0 Å². The van der Waals surface area contributed by atoms with Crippen molar-refractivity contribution in [1.29, 1.82) is 0 Å². The largest absolute Gasteiger partial charge is 0.103 e. The van der Waals surface area contributed by atoms with Gasteiger partial charge in [-0.1, -0.05) is 30.4 Å². The lowest BCUT2D eigenvalue weighted by Gasteiger charge is -2.35. The van der Waals surface area contributed by atoms with Crippen LogP contribution in [0.25, 0.3) is 5.57 Å². The van der Waals surface area contributed by atoms with Crippen molar-refractivity contribution in [2.45, 2.75) is 12.8 Å². The van der Waals surface area contributed by atoms with Crippen LogP contribution in [0.3, 0.4) is 0 Å². The second-order valence-electron chi connectivity index (χ2n) is 5.49. The summed E-state index contributed by atoms with van der Waals surface area (Å²) in [4.78, 5) is 1.54. The third-order valence-electron chi connectivity index (χ3n) is 4.17. The lowest BCUT2D eigenvalue weighted by atomic mass is 9.71. The number of rotatable bonds is 4. The van der Waals surface area contributed by atoms with E-state index < -0.39 is 0 Å². The Morgan fingerprint density at radius 2 is 1.86 bits per heavy atom. The van der Waals surface area contributed by atoms with Crippen molar-refractivity contribution in [3.8, 4) is 0 Å². The summed E-state index contributed by atoms with van der Waals surface area (Å²) >= 11 is 4.91. The van der Waals surface area contributed by atoms with Crippen molar-refractivity contribution >= 4 is 59.9 Å². The predicted octanol–water partition coefficient (Wildman–Crippen LogP) is 4.50. The van der Waals surface area contributed by atoms with E-state index in [-0.39, 0.29) is 14.5 Å². The molecule has 106 valence electrons. The van der Waals surface area contributed by atoms with Gasteiger partial charge in [-0.05, 0) is 91.0 Å². The second-order valence-corrected chi connectivity index (χ2v) is 9.38. The molecule has 1 aromatic carbocycles. The number of hydrogen-bond acceptors (Lipinski definition) is 0. The van der Waals surface area contributed by atoms with Crippen LogP contribution in [0.5, 0.6) is 0 Å². The highest BCUT2D eigenvalue weighted by Crippen LogP contribution is 2.47. The van der Waals surface area contributed by atoms with Crippen LogP contribution in [-0.2, 0) is 0 Å². The molecule has 0 aromatic heterocycles. The van der Waals surface area contributed by atoms with Crippen molar-refractivity contribution < 1.29 is 0 Å². The molecule has 0 amide bonds. The number of halogens is 2. The molecule has 21 heavy (non-hydrogen) atoms. The lowest BCUT2D eigenvalue weighted by molar-refractivity contribution is 0.525. The number of hydrogen-bond donors (Lipinski definition) is 0. The summed E-state index contributed by atoms with van der Waals surface area (Å²) in [5.41, 5.74) is 1.59. The van der Waals surface area contributed by atoms with E-state index in [9.17, 15) is 0 Å². The van der Waals surface area contributed by atoms with Gasteiger partial charge in [-0.15, -0.1) is 13.2 Å². The van der Waals surface area contributed by atoms with E-state index in [1.54, 1.807) is 10.0 Å². The summed E-state index contributed by atoms with van der Waals surface area (Å²) in [6, 6.07) is 6.91. The minimum absolute atomic E-state index is 0.0541. The van der Waals surface area contributed by atoms with E-state index in [2.05, 4.69) is 101 Å². The topological polar surface area (TPSA) is 0 Å². The van der Waals surface area contributed by atoms with Crippen molar-refractivity contribution in [3.05, 3.63) is 78.0 Å². The van der Waals surface area contributed by atoms with Gasteiger partial charge in [0, 0.05) is 21.7 Å². The van der Waals surface area contributed by atoms with Gasteiger partial charge < -0.3 is 0 Å². The fraction of sp³-hybridized carbons (Fsp3) is 0.167. The molecule has 1 heterocycles. The van der Waals surface area contributed by atoms with Crippen molar-refractivity contribution in [1.82, 2.24) is 0 Å². The zero-order valence-corrected chi connectivity index (χ0v) is 17.2. The number of benzene rings is 1. The van der Waals surface area contributed by atoms with E-state index >= 15 is 0 Å². The molecule has 0 nitrogen and oxygen atoms in total. The van der Waals surface area contributed by atoms with Crippen LogP contribution < -0.4 is 5.22 Å². The van der Waals surface area contributed by atoms with Crippen LogP contribution >= 0.6 is 45.2 Å². The first-order valence-corrected chi connectivity index (χ1v) is 10.3. The van der Waals surface area contributed by atoms with Crippen LogP contribution in [0, 0.1) is 13.8 Å². The summed E-state index contributed by atoms with van der Waals surface area (Å²) < 4.78 is 2.74. The molecule has 1 aromatic rings. The molecule has 1 aliphatic carbocycles. The Kier molecular flexibility index (Phi) is 4.52. The standard InChI is InChI=1S/C18H16I2Si/c1-3-8-18(9-4-2)10-7-14(20)17-16(18)13-6-5-12(19)11-15(13)21-17/h3-7,10-11,21H,1-2,8-9H2. The fourth-order valence-electron chi connectivity index (χ4n) is 3.32. The molecule has 1 aliphatic heterocycles. The van der Waals surface area contributed by atoms with E-state index in [0.717, 1.165) is 12.8 Å². The third kappa shape index (κ3) is 2.61. The highest BCUT2D eigenvalue weighted by atomic mass is 127. The Balaban J connectivity index is 2.38. The normalized spacial score (nSPS) is 18.1. The van der Waals surface area contributed by atoms with Gasteiger partial charge >= 0.3 is 0 Å². The average molecular weight is 514 g/mol. The van der Waals surface area contributed by atoms with Crippen LogP contribution in [0.15, 0.2) is 64.4 Å². The summed E-state index contributed by atoms with van der Waals surface area (Å²) in [6.45, 7) is 7.98. The van der Waals surface area contributed by atoms with E-state index in [1.165, 1.54) is 17.9 Å². The summed E-state index contributed by atoms with van der Waals surface area (Å²) in [7, 11) is 0.205. The molecule has 3 rings (SSSR count). The van der Waals surface area contributed by atoms with Crippen LogP contribution in [-0.4, -0.2) is 9.13 Å². The summed E-state index contributed by atoms with van der Waals surface area (Å²) in [5, 5.41) is 3.04. The molecular formula is C18H16I2Si. The minimum atomic E-state index is 0.0541. The summed E-state index contributed by atoms with van der Waals surface area (Å²) in [6.07, 6.45) is 10.7. The van der Waals surface area contributed by atoms with Crippen LogP contribution in [0.1, 0.15) is 12.8 Å². The van der Waals surface area contributed by atoms with Gasteiger partial charge in [-0.25, -0.2) is 0 Å². The number of fused-ring (bicyclic) bond motifs is 2. The van der Waals surface area contributed by atoms with E-state index in [1.807, 2.05) is 0 Å². The zero-order valence-electron chi connectivity index (χ0n) is 11.7. The average Bonchev–Trinajstić information content (AvgIpc) is 2.83. The number of allylic oxidation sites excluding steroid dienone is 6. The molecular weight excluding hydrogens is 498 g/mol. The smallest absolute Gasteiger partial charge is 0.0412 e. The fourth-order valence-corrected chi connectivity index (χ4v) is 6.89. The maximum absolute atomic E-state index is 3.99. The quantitative estimate of drug-likeness (QED) is 0.316. The highest BCUT2D eigenvalue weighted by Gasteiger charge is 2.36. The maximum Gasteiger partial charge on any atom is 0.0412 e. The molecule has 0 saturated heterocycles. The first kappa shape index (κ1) is 15.6. The van der Waals surface area contributed by atoms with Gasteiger partial charge in [-0.3, -0.25) is 0 Å². The SMILES string of the molecule is C=CCC1(CC=C)C=CC(I)=C2[SiH]=c3cc(I)ccc3=C21. The first-order valence-electron chi connectivity index (χ1n) is 6.94. The van der Waals surface area contributed by atoms with E-state index in [4.69, 9.17) is 0 Å². The maximum atomic E-state index is 3.99. The summed E-state index contributed by atoms with van der Waals surface area (Å²) in [5.74, 6) is 0. The first-order chi connectivity index (χ1) is 10.1. The van der Waals surface area contributed by atoms with Crippen molar-refractivity contribution in [2.24, 2.45) is 5.41 Å². The Morgan fingerprint density at radius 1 is 1.14 bits per heavy atom. The molecule has 0 N–H and O–H groups in total. The zero-order chi connectivity index (χ0) is 15.0. The lowest BCUT2D eigenvalue weighted by Crippen LogP contribution is -2.26. The predicted molar refractivity (Wildman–Crippen MR) is 110 cm³/mol. The Hall–Kier alpha value is -0.273. The van der Waals surface area contributed by atoms with Gasteiger partial charge in [0.15, 0.2) is 0 Å². The minimum Gasteiger partial charge on any atom is -0.103 e. The Bertz CT molecular complexity index is 802. The van der Waals surface area contributed by atoms with Gasteiger partial charge in [0.2, 0.25) is 0 Å². The van der Waals surface area contributed by atoms with Crippen molar-refractivity contribution in [3.63, 3.8) is 0 Å².